The largest absolute Gasteiger partial charge is 0.497 e. The number of thioether (sulfide) groups is 1. The molecule has 0 aliphatic carbocycles. The maximum atomic E-state index is 12.7. The summed E-state index contributed by atoms with van der Waals surface area (Å²) in [5.74, 6) is 1.98. The maximum Gasteiger partial charge on any atom is 0.246 e. The van der Waals surface area contributed by atoms with Gasteiger partial charge in [-0.3, -0.25) is 4.79 Å². The van der Waals surface area contributed by atoms with Crippen molar-refractivity contribution in [1.29, 1.82) is 0 Å². The minimum absolute atomic E-state index is 0.0133. The number of rotatable bonds is 8. The highest BCUT2D eigenvalue weighted by atomic mass is 32.2. The smallest absolute Gasteiger partial charge is 0.246 e. The maximum absolute atomic E-state index is 12.7. The quantitative estimate of drug-likeness (QED) is 0.518. The van der Waals surface area contributed by atoms with Crippen molar-refractivity contribution in [3.8, 4) is 22.9 Å². The minimum atomic E-state index is -0.230. The van der Waals surface area contributed by atoms with E-state index in [1.54, 1.807) is 44.4 Å². The Bertz CT molecular complexity index is 962. The molecule has 0 N–H and O–H groups in total. The van der Waals surface area contributed by atoms with Crippen LogP contribution in [-0.4, -0.2) is 47.5 Å². The molecule has 0 saturated carbocycles. The summed E-state index contributed by atoms with van der Waals surface area (Å²) in [6.07, 6.45) is 0. The number of benzene rings is 2. The van der Waals surface area contributed by atoms with E-state index in [1.807, 2.05) is 37.3 Å². The SMILES string of the molecule is COc1ccc(-c2noc(CN(C)C(=O)[C@H](C)Sc3ccccc3)n2)c(OC)c1. The van der Waals surface area contributed by atoms with Gasteiger partial charge in [0.05, 0.1) is 31.6 Å². The molecule has 3 aromatic rings. The Balaban J connectivity index is 1.67. The first-order valence-electron chi connectivity index (χ1n) is 9.03. The molecule has 0 fully saturated rings. The number of aromatic nitrogens is 2. The highest BCUT2D eigenvalue weighted by Gasteiger charge is 2.21. The summed E-state index contributed by atoms with van der Waals surface area (Å²) in [6.45, 7) is 2.11. The van der Waals surface area contributed by atoms with Crippen LogP contribution in [0.25, 0.3) is 11.4 Å². The van der Waals surface area contributed by atoms with Crippen LogP contribution in [0, 0.1) is 0 Å². The van der Waals surface area contributed by atoms with Crippen molar-refractivity contribution in [1.82, 2.24) is 15.0 Å². The standard InChI is InChI=1S/C21H23N3O4S/c1-14(29-16-8-6-5-7-9-16)21(25)24(2)13-19-22-20(23-28-19)17-11-10-15(26-3)12-18(17)27-4/h5-12,14H,13H2,1-4H3/t14-/m0/s1. The molecule has 0 aliphatic heterocycles. The second-order valence-electron chi connectivity index (χ2n) is 6.35. The number of hydrogen-bond donors (Lipinski definition) is 0. The van der Waals surface area contributed by atoms with Crippen LogP contribution < -0.4 is 9.47 Å². The van der Waals surface area contributed by atoms with Gasteiger partial charge in [0.15, 0.2) is 0 Å². The van der Waals surface area contributed by atoms with Crippen LogP contribution in [0.5, 0.6) is 11.5 Å². The molecule has 0 saturated heterocycles. The van der Waals surface area contributed by atoms with Crippen molar-refractivity contribution in [3.05, 3.63) is 54.4 Å². The lowest BCUT2D eigenvalue weighted by Gasteiger charge is -2.19. The van der Waals surface area contributed by atoms with E-state index >= 15 is 0 Å². The minimum Gasteiger partial charge on any atom is -0.497 e. The molecule has 1 atom stereocenters. The summed E-state index contributed by atoms with van der Waals surface area (Å²) in [5.41, 5.74) is 0.685. The van der Waals surface area contributed by atoms with E-state index in [0.717, 1.165) is 4.90 Å². The first-order chi connectivity index (χ1) is 14.0. The van der Waals surface area contributed by atoms with E-state index in [9.17, 15) is 4.79 Å². The fraction of sp³-hybridized carbons (Fsp3) is 0.286. The van der Waals surface area contributed by atoms with E-state index in [4.69, 9.17) is 14.0 Å². The van der Waals surface area contributed by atoms with E-state index in [2.05, 4.69) is 10.1 Å². The van der Waals surface area contributed by atoms with Crippen molar-refractivity contribution in [2.45, 2.75) is 23.6 Å². The second-order valence-corrected chi connectivity index (χ2v) is 7.76. The van der Waals surface area contributed by atoms with Gasteiger partial charge in [-0.2, -0.15) is 4.98 Å². The number of carbonyl (C=O) groups is 1. The average Bonchev–Trinajstić information content (AvgIpc) is 3.21. The Morgan fingerprint density at radius 3 is 2.62 bits per heavy atom. The lowest BCUT2D eigenvalue weighted by atomic mass is 10.2. The van der Waals surface area contributed by atoms with Gasteiger partial charge in [-0.15, -0.1) is 11.8 Å². The number of carbonyl (C=O) groups excluding carboxylic acids is 1. The van der Waals surface area contributed by atoms with E-state index < -0.39 is 0 Å². The summed E-state index contributed by atoms with van der Waals surface area (Å²) in [7, 11) is 4.88. The van der Waals surface area contributed by atoms with Gasteiger partial charge in [-0.05, 0) is 31.2 Å². The summed E-state index contributed by atoms with van der Waals surface area (Å²) in [6, 6.07) is 15.2. The average molecular weight is 413 g/mol. The Morgan fingerprint density at radius 2 is 1.93 bits per heavy atom. The molecule has 0 radical (unpaired) electrons. The molecule has 0 unspecified atom stereocenters. The Labute approximate surface area is 174 Å². The van der Waals surface area contributed by atoms with Crippen LogP contribution in [0.2, 0.25) is 0 Å². The topological polar surface area (TPSA) is 77.7 Å². The highest BCUT2D eigenvalue weighted by Crippen LogP contribution is 2.31. The van der Waals surface area contributed by atoms with Crippen LogP contribution in [0.1, 0.15) is 12.8 Å². The number of ether oxygens (including phenoxy) is 2. The van der Waals surface area contributed by atoms with Crippen LogP contribution in [-0.2, 0) is 11.3 Å². The normalized spacial score (nSPS) is 11.7. The molecular weight excluding hydrogens is 390 g/mol. The van der Waals surface area contributed by atoms with Crippen LogP contribution in [0.4, 0.5) is 0 Å². The monoisotopic (exact) mass is 413 g/mol. The molecule has 1 amide bonds. The molecule has 3 rings (SSSR count). The fourth-order valence-corrected chi connectivity index (χ4v) is 3.76. The lowest BCUT2D eigenvalue weighted by Crippen LogP contribution is -2.32. The van der Waals surface area contributed by atoms with Gasteiger partial charge in [0.25, 0.3) is 0 Å². The van der Waals surface area contributed by atoms with Crippen molar-refractivity contribution in [2.24, 2.45) is 0 Å². The van der Waals surface area contributed by atoms with Gasteiger partial charge in [0.1, 0.15) is 11.5 Å². The molecule has 0 spiro atoms. The zero-order valence-corrected chi connectivity index (χ0v) is 17.6. The van der Waals surface area contributed by atoms with Crippen molar-refractivity contribution >= 4 is 17.7 Å². The Hall–Kier alpha value is -3.00. The number of hydrogen-bond acceptors (Lipinski definition) is 7. The second kappa shape index (κ2) is 9.47. The lowest BCUT2D eigenvalue weighted by molar-refractivity contribution is -0.129. The van der Waals surface area contributed by atoms with Gasteiger partial charge < -0.3 is 18.9 Å². The van der Waals surface area contributed by atoms with E-state index in [-0.39, 0.29) is 17.7 Å². The van der Waals surface area contributed by atoms with Crippen LogP contribution in [0.3, 0.4) is 0 Å². The number of amides is 1. The van der Waals surface area contributed by atoms with Gasteiger partial charge in [0.2, 0.25) is 17.6 Å². The zero-order valence-electron chi connectivity index (χ0n) is 16.8. The predicted molar refractivity (Wildman–Crippen MR) is 111 cm³/mol. The summed E-state index contributed by atoms with van der Waals surface area (Å²) < 4.78 is 15.9. The molecule has 8 heteroatoms. The Morgan fingerprint density at radius 1 is 1.17 bits per heavy atom. The third kappa shape index (κ3) is 5.08. The van der Waals surface area contributed by atoms with Crippen molar-refractivity contribution < 1.29 is 18.8 Å². The van der Waals surface area contributed by atoms with Gasteiger partial charge in [-0.25, -0.2) is 0 Å². The molecule has 7 nitrogen and oxygen atoms in total. The first kappa shape index (κ1) is 20.7. The predicted octanol–water partition coefficient (Wildman–Crippen LogP) is 3.89. The molecule has 2 aromatic carbocycles. The zero-order chi connectivity index (χ0) is 20.8. The van der Waals surface area contributed by atoms with Gasteiger partial charge in [-0.1, -0.05) is 23.4 Å². The molecule has 1 aromatic heterocycles. The summed E-state index contributed by atoms with van der Waals surface area (Å²) >= 11 is 1.51. The Kier molecular flexibility index (Phi) is 6.77. The molecule has 0 aliphatic rings. The first-order valence-corrected chi connectivity index (χ1v) is 9.91. The summed E-state index contributed by atoms with van der Waals surface area (Å²) in [5, 5.41) is 3.80. The van der Waals surface area contributed by atoms with Crippen molar-refractivity contribution in [3.63, 3.8) is 0 Å². The highest BCUT2D eigenvalue weighted by molar-refractivity contribution is 8.00. The molecule has 1 heterocycles. The summed E-state index contributed by atoms with van der Waals surface area (Å²) in [4.78, 5) is 19.7. The molecule has 152 valence electrons. The molecule has 29 heavy (non-hydrogen) atoms. The molecular formula is C21H23N3O4S. The number of nitrogens with zero attached hydrogens (tertiary/aromatic N) is 3. The molecule has 0 bridgehead atoms. The van der Waals surface area contributed by atoms with Crippen LogP contribution >= 0.6 is 11.8 Å². The van der Waals surface area contributed by atoms with Crippen molar-refractivity contribution in [2.75, 3.05) is 21.3 Å². The van der Waals surface area contributed by atoms with Crippen LogP contribution in [0.15, 0.2) is 57.9 Å². The number of methoxy groups -OCH3 is 2. The fourth-order valence-electron chi connectivity index (χ4n) is 2.76. The van der Waals surface area contributed by atoms with E-state index in [0.29, 0.717) is 28.8 Å². The van der Waals surface area contributed by atoms with Gasteiger partial charge >= 0.3 is 0 Å². The third-order valence-electron chi connectivity index (χ3n) is 4.27. The third-order valence-corrected chi connectivity index (χ3v) is 5.37. The van der Waals surface area contributed by atoms with E-state index in [1.165, 1.54) is 11.8 Å². The van der Waals surface area contributed by atoms with Gasteiger partial charge in [0, 0.05) is 18.0 Å².